The van der Waals surface area contributed by atoms with Crippen molar-refractivity contribution in [3.05, 3.63) is 89.2 Å². The molecule has 1 saturated carbocycles. The summed E-state index contributed by atoms with van der Waals surface area (Å²) in [5, 5.41) is 13.2. The van der Waals surface area contributed by atoms with Gasteiger partial charge in [0, 0.05) is 18.0 Å². The molecule has 0 bridgehead atoms. The fourth-order valence-electron chi connectivity index (χ4n) is 4.53. The number of rotatable bonds is 9. The van der Waals surface area contributed by atoms with Crippen molar-refractivity contribution in [3.8, 4) is 16.9 Å². The Morgan fingerprint density at radius 3 is 2.50 bits per heavy atom. The second kappa shape index (κ2) is 13.3. The van der Waals surface area contributed by atoms with Crippen molar-refractivity contribution in [1.82, 2.24) is 5.32 Å². The summed E-state index contributed by atoms with van der Waals surface area (Å²) in [6, 6.07) is 21.9. The van der Waals surface area contributed by atoms with Crippen LogP contribution >= 0.6 is 0 Å². The summed E-state index contributed by atoms with van der Waals surface area (Å²) in [4.78, 5) is 13.0. The van der Waals surface area contributed by atoms with E-state index in [4.69, 9.17) is 15.2 Å². The first-order valence-corrected chi connectivity index (χ1v) is 13.2. The van der Waals surface area contributed by atoms with Gasteiger partial charge in [-0.15, -0.1) is 12.6 Å². The Bertz CT molecular complexity index is 1280. The van der Waals surface area contributed by atoms with Gasteiger partial charge in [0.2, 0.25) is 15.9 Å². The van der Waals surface area contributed by atoms with Crippen LogP contribution in [0.3, 0.4) is 0 Å². The van der Waals surface area contributed by atoms with E-state index >= 15 is 0 Å². The summed E-state index contributed by atoms with van der Waals surface area (Å²) < 4.78 is 29.1. The molecule has 1 unspecified atom stereocenters. The van der Waals surface area contributed by atoms with Crippen LogP contribution in [-0.4, -0.2) is 27.5 Å². The van der Waals surface area contributed by atoms with Gasteiger partial charge >= 0.3 is 51.4 Å². The number of carbonyl (C=O) groups excluding carboxylic acids is 1. The van der Waals surface area contributed by atoms with Crippen molar-refractivity contribution in [3.63, 3.8) is 0 Å². The number of nitrogens with one attached hydrogen (secondary N) is 1. The quantitative estimate of drug-likeness (QED) is 0.406. The molecule has 0 heterocycles. The molecular weight excluding hydrogens is 501 g/mol. The van der Waals surface area contributed by atoms with E-state index in [-0.39, 0.29) is 74.1 Å². The fraction of sp³-hybridized carbons (Fsp3) is 0.296. The minimum atomic E-state index is -3.83. The second-order valence-corrected chi connectivity index (χ2v) is 10.3. The number of hydrogen-bond donors (Lipinski definition) is 2. The van der Waals surface area contributed by atoms with Gasteiger partial charge in [-0.2, -0.15) is 0 Å². The predicted molar refractivity (Wildman–Crippen MR) is 136 cm³/mol. The van der Waals surface area contributed by atoms with Gasteiger partial charge < -0.3 is 15.4 Å². The van der Waals surface area contributed by atoms with Crippen molar-refractivity contribution in [1.29, 1.82) is 0 Å². The molecular formula is C27H30KN3O4S. The summed E-state index contributed by atoms with van der Waals surface area (Å²) in [6.45, 7) is 0.960. The topological polar surface area (TPSA) is 113 Å². The number of nitrogens with zero attached hydrogens (tertiary/aromatic N) is 1. The van der Waals surface area contributed by atoms with E-state index in [1.54, 1.807) is 25.3 Å². The molecule has 0 spiro atoms. The Morgan fingerprint density at radius 1 is 1.03 bits per heavy atom. The Labute approximate surface area is 255 Å². The fourth-order valence-corrected chi connectivity index (χ4v) is 5.29. The number of primary sulfonamides is 1. The Kier molecular flexibility index (Phi) is 10.7. The summed E-state index contributed by atoms with van der Waals surface area (Å²) in [7, 11) is -2.18. The molecule has 184 valence electrons. The van der Waals surface area contributed by atoms with Crippen molar-refractivity contribution in [2.45, 2.75) is 43.3 Å². The largest absolute Gasteiger partial charge is 1.00 e. The molecule has 36 heavy (non-hydrogen) atoms. The second-order valence-electron chi connectivity index (χ2n) is 8.75. The smallest absolute Gasteiger partial charge is 0.655 e. The third-order valence-corrected chi connectivity index (χ3v) is 7.35. The van der Waals surface area contributed by atoms with Gasteiger partial charge in [-0.25, -0.2) is 13.6 Å². The summed E-state index contributed by atoms with van der Waals surface area (Å²) >= 11 is 0. The maximum atomic E-state index is 12.9. The molecule has 0 aromatic heterocycles. The Morgan fingerprint density at radius 2 is 1.78 bits per heavy atom. The number of hydrogen-bond acceptors (Lipinski definition) is 4. The van der Waals surface area contributed by atoms with Gasteiger partial charge in [0.1, 0.15) is 5.75 Å². The molecule has 4 rings (SSSR count). The van der Waals surface area contributed by atoms with E-state index in [1.165, 1.54) is 6.07 Å². The summed E-state index contributed by atoms with van der Waals surface area (Å²) in [5.41, 5.74) is 3.30. The van der Waals surface area contributed by atoms with Crippen LogP contribution in [0.5, 0.6) is 5.75 Å². The Balaban J connectivity index is 0.00000361. The van der Waals surface area contributed by atoms with Gasteiger partial charge in [-0.3, -0.25) is 4.79 Å². The first-order chi connectivity index (χ1) is 16.8. The van der Waals surface area contributed by atoms with Crippen molar-refractivity contribution in [2.24, 2.45) is 11.1 Å². The van der Waals surface area contributed by atoms with E-state index in [0.29, 0.717) is 18.7 Å². The summed E-state index contributed by atoms with van der Waals surface area (Å²) in [5.74, 6) is 0.699. The molecule has 7 nitrogen and oxygen atoms in total. The van der Waals surface area contributed by atoms with E-state index in [2.05, 4.69) is 5.32 Å². The van der Waals surface area contributed by atoms with Crippen molar-refractivity contribution >= 4 is 15.9 Å². The third kappa shape index (κ3) is 7.49. The number of ether oxygens (including phenoxy) is 1. The van der Waals surface area contributed by atoms with Gasteiger partial charge in [0.25, 0.3) is 0 Å². The van der Waals surface area contributed by atoms with Crippen LogP contribution < -0.4 is 66.6 Å². The number of carbonyl (C=O) groups is 1. The van der Waals surface area contributed by atoms with E-state index in [1.807, 2.05) is 48.5 Å². The SMILES string of the molecule is COc1cccc(C[N-][C@@H]2CCCC2C(=O)NCc2ccc(-c3ccccc3S(N)(=O)=O)cc2)c1.[K+]. The first-order valence-electron chi connectivity index (χ1n) is 11.6. The zero-order valence-corrected chi connectivity index (χ0v) is 24.6. The Hall–Kier alpha value is -1.56. The number of nitrogens with two attached hydrogens (primary N) is 1. The van der Waals surface area contributed by atoms with E-state index in [0.717, 1.165) is 41.7 Å². The minimum absolute atomic E-state index is 0. The van der Waals surface area contributed by atoms with E-state index in [9.17, 15) is 13.2 Å². The molecule has 1 fully saturated rings. The minimum Gasteiger partial charge on any atom is -0.655 e. The zero-order chi connectivity index (χ0) is 24.8. The average Bonchev–Trinajstić information content (AvgIpc) is 3.35. The molecule has 3 aromatic rings. The molecule has 0 aliphatic heterocycles. The van der Waals surface area contributed by atoms with Gasteiger partial charge in [-0.05, 0) is 35.7 Å². The monoisotopic (exact) mass is 531 g/mol. The number of benzene rings is 3. The molecule has 1 aliphatic carbocycles. The van der Waals surface area contributed by atoms with Crippen molar-refractivity contribution < 1.29 is 69.3 Å². The summed E-state index contributed by atoms with van der Waals surface area (Å²) in [6.07, 6.45) is 2.74. The predicted octanol–water partition coefficient (Wildman–Crippen LogP) is 1.37. The van der Waals surface area contributed by atoms with Crippen LogP contribution in [0.2, 0.25) is 0 Å². The number of amides is 1. The zero-order valence-electron chi connectivity index (χ0n) is 20.7. The van der Waals surface area contributed by atoms with Crippen LogP contribution in [0.15, 0.2) is 77.7 Å². The normalized spacial score (nSPS) is 17.3. The molecule has 2 atom stereocenters. The van der Waals surface area contributed by atoms with Crippen LogP contribution in [0.25, 0.3) is 16.4 Å². The number of sulfonamides is 1. The average molecular weight is 532 g/mol. The van der Waals surface area contributed by atoms with Crippen molar-refractivity contribution in [2.75, 3.05) is 7.11 Å². The van der Waals surface area contributed by atoms with Gasteiger partial charge in [-0.1, -0.05) is 73.0 Å². The number of methoxy groups -OCH3 is 1. The maximum Gasteiger partial charge on any atom is 1.00 e. The van der Waals surface area contributed by atoms with E-state index < -0.39 is 10.0 Å². The standard InChI is InChI=1S/C27H30N3O4S.K/c1-34-22-7-4-6-20(16-22)18-29-25-10-5-9-24(25)27(31)30-17-19-12-14-21(15-13-19)23-8-2-3-11-26(23)35(28,32)33;/h2-4,6-8,11-16,24-25H,5,9-10,17-18H2,1H3,(H,30,31)(H2,28,32,33);/q-1;+1/t24?,25-;/m1./s1. The molecule has 1 amide bonds. The molecule has 0 radical (unpaired) electrons. The van der Waals surface area contributed by atoms with Crippen LogP contribution in [-0.2, 0) is 27.9 Å². The molecule has 0 saturated heterocycles. The maximum absolute atomic E-state index is 12.9. The van der Waals surface area contributed by atoms with Crippen LogP contribution in [0.4, 0.5) is 0 Å². The van der Waals surface area contributed by atoms with Crippen LogP contribution in [0, 0.1) is 5.92 Å². The van der Waals surface area contributed by atoms with Gasteiger partial charge in [0.05, 0.1) is 12.0 Å². The third-order valence-electron chi connectivity index (χ3n) is 6.38. The molecule has 9 heteroatoms. The molecule has 3 aromatic carbocycles. The van der Waals surface area contributed by atoms with Crippen LogP contribution in [0.1, 0.15) is 30.4 Å². The molecule has 1 aliphatic rings. The molecule has 3 N–H and O–H groups in total. The first kappa shape index (κ1) is 29.0. The van der Waals surface area contributed by atoms with Gasteiger partial charge in [0.15, 0.2) is 0 Å².